The highest BCUT2D eigenvalue weighted by atomic mass is 127. The third kappa shape index (κ3) is 7.17. The lowest BCUT2D eigenvalue weighted by atomic mass is 10.3. The molecule has 0 atom stereocenters. The number of morpholine rings is 1. The van der Waals surface area contributed by atoms with Crippen LogP contribution in [0.3, 0.4) is 0 Å². The number of fused-ring (bicyclic) bond motifs is 1. The van der Waals surface area contributed by atoms with Crippen LogP contribution in [0.4, 0.5) is 0 Å². The van der Waals surface area contributed by atoms with Crippen LogP contribution in [0.15, 0.2) is 29.4 Å². The maximum absolute atomic E-state index is 5.39. The number of halogens is 1. The Morgan fingerprint density at radius 2 is 2.04 bits per heavy atom. The number of aryl methyl sites for hydroxylation is 1. The lowest BCUT2D eigenvalue weighted by molar-refractivity contribution is 0.0376. The van der Waals surface area contributed by atoms with Crippen LogP contribution in [0.2, 0.25) is 0 Å². The number of nitrogens with one attached hydrogen (secondary N) is 2. The van der Waals surface area contributed by atoms with Gasteiger partial charge in [-0.2, -0.15) is 0 Å². The maximum Gasteiger partial charge on any atom is 0.191 e. The summed E-state index contributed by atoms with van der Waals surface area (Å²) >= 11 is 0. The number of nitrogens with zero attached hydrogens (tertiary/aromatic N) is 5. The van der Waals surface area contributed by atoms with Crippen molar-refractivity contribution < 1.29 is 4.74 Å². The molecule has 0 radical (unpaired) electrons. The fourth-order valence-electron chi connectivity index (χ4n) is 3.17. The average Bonchev–Trinajstić information content (AvgIpc) is 3.12. The number of ether oxygens (including phenoxy) is 1. The van der Waals surface area contributed by atoms with E-state index in [9.17, 15) is 0 Å². The van der Waals surface area contributed by atoms with E-state index in [1.165, 1.54) is 0 Å². The van der Waals surface area contributed by atoms with Crippen LogP contribution in [-0.4, -0.2) is 77.9 Å². The van der Waals surface area contributed by atoms with E-state index in [2.05, 4.69) is 37.6 Å². The number of aliphatic imine (C=N–C) groups is 1. The van der Waals surface area contributed by atoms with Crippen LogP contribution in [0, 0.1) is 0 Å². The van der Waals surface area contributed by atoms with Gasteiger partial charge in [-0.3, -0.25) is 14.3 Å². The first-order valence-electron chi connectivity index (χ1n) is 9.97. The topological polar surface area (TPSA) is 79.1 Å². The Hall–Kier alpha value is -1.46. The highest BCUT2D eigenvalue weighted by molar-refractivity contribution is 14.0. The molecule has 3 heterocycles. The summed E-state index contributed by atoms with van der Waals surface area (Å²) in [7, 11) is 0. The lowest BCUT2D eigenvalue weighted by Gasteiger charge is -2.26. The van der Waals surface area contributed by atoms with Crippen LogP contribution < -0.4 is 10.6 Å². The van der Waals surface area contributed by atoms with E-state index in [-0.39, 0.29) is 24.0 Å². The molecule has 1 saturated heterocycles. The Kier molecular flexibility index (Phi) is 10.5. The van der Waals surface area contributed by atoms with Gasteiger partial charge in [0.05, 0.1) is 13.2 Å². The second-order valence-electron chi connectivity index (χ2n) is 6.64. The van der Waals surface area contributed by atoms with Crippen LogP contribution in [-0.2, 0) is 11.2 Å². The zero-order valence-electron chi connectivity index (χ0n) is 16.6. The molecule has 156 valence electrons. The SMILES string of the molecule is CCNC(=NCCCc1nnc2ccccn12)NCCCN1CCOCC1.I. The molecular weight excluding hydrogens is 469 g/mol. The molecule has 2 aromatic heterocycles. The van der Waals surface area contributed by atoms with Crippen molar-refractivity contribution >= 4 is 35.6 Å². The van der Waals surface area contributed by atoms with Crippen molar-refractivity contribution in [3.05, 3.63) is 30.2 Å². The van der Waals surface area contributed by atoms with Gasteiger partial charge >= 0.3 is 0 Å². The number of rotatable bonds is 9. The lowest BCUT2D eigenvalue weighted by Crippen LogP contribution is -2.40. The molecule has 3 rings (SSSR count). The van der Waals surface area contributed by atoms with Crippen molar-refractivity contribution in [2.75, 3.05) is 52.5 Å². The van der Waals surface area contributed by atoms with Crippen LogP contribution in [0.25, 0.3) is 5.65 Å². The third-order valence-electron chi connectivity index (χ3n) is 4.60. The molecule has 0 bridgehead atoms. The van der Waals surface area contributed by atoms with Gasteiger partial charge in [-0.05, 0) is 38.4 Å². The first-order valence-corrected chi connectivity index (χ1v) is 9.97. The standard InChI is InChI=1S/C19H31N7O.HI/c1-2-20-19(22-10-6-11-25-13-15-27-16-14-25)21-9-5-8-18-24-23-17-7-3-4-12-26(17)18;/h3-4,7,12H,2,5-6,8-11,13-16H2,1H3,(H2,20,21,22);1H. The highest BCUT2D eigenvalue weighted by Gasteiger charge is 2.09. The highest BCUT2D eigenvalue weighted by Crippen LogP contribution is 2.05. The summed E-state index contributed by atoms with van der Waals surface area (Å²) in [6, 6.07) is 5.95. The van der Waals surface area contributed by atoms with Crippen molar-refractivity contribution in [2.45, 2.75) is 26.2 Å². The van der Waals surface area contributed by atoms with Gasteiger partial charge in [0, 0.05) is 45.3 Å². The molecule has 0 spiro atoms. The summed E-state index contributed by atoms with van der Waals surface area (Å²) in [6.45, 7) is 9.57. The van der Waals surface area contributed by atoms with Gasteiger partial charge < -0.3 is 15.4 Å². The van der Waals surface area contributed by atoms with Crippen LogP contribution in [0.5, 0.6) is 0 Å². The van der Waals surface area contributed by atoms with Crippen LogP contribution >= 0.6 is 24.0 Å². The molecule has 28 heavy (non-hydrogen) atoms. The second-order valence-corrected chi connectivity index (χ2v) is 6.64. The molecule has 2 aromatic rings. The van der Waals surface area contributed by atoms with Crippen molar-refractivity contribution in [1.29, 1.82) is 0 Å². The Balaban J connectivity index is 0.00000280. The van der Waals surface area contributed by atoms with Gasteiger partial charge in [-0.25, -0.2) is 0 Å². The minimum absolute atomic E-state index is 0. The molecule has 1 fully saturated rings. The van der Waals surface area contributed by atoms with Crippen LogP contribution in [0.1, 0.15) is 25.6 Å². The van der Waals surface area contributed by atoms with Crippen molar-refractivity contribution in [2.24, 2.45) is 4.99 Å². The summed E-state index contributed by atoms with van der Waals surface area (Å²) in [5.74, 6) is 1.88. The van der Waals surface area contributed by atoms with Gasteiger partial charge in [-0.15, -0.1) is 34.2 Å². The van der Waals surface area contributed by atoms with Gasteiger partial charge in [0.15, 0.2) is 11.6 Å². The van der Waals surface area contributed by atoms with E-state index in [0.29, 0.717) is 0 Å². The largest absolute Gasteiger partial charge is 0.379 e. The monoisotopic (exact) mass is 501 g/mol. The molecule has 0 unspecified atom stereocenters. The molecule has 0 aromatic carbocycles. The molecule has 0 aliphatic carbocycles. The first kappa shape index (κ1) is 22.8. The van der Waals surface area contributed by atoms with Gasteiger partial charge in [0.2, 0.25) is 0 Å². The number of guanidine groups is 1. The van der Waals surface area contributed by atoms with E-state index in [4.69, 9.17) is 4.74 Å². The number of hydrogen-bond donors (Lipinski definition) is 2. The molecule has 0 amide bonds. The fraction of sp³-hybridized carbons (Fsp3) is 0.632. The van der Waals surface area contributed by atoms with Crippen molar-refractivity contribution in [3.8, 4) is 0 Å². The predicted octanol–water partition coefficient (Wildman–Crippen LogP) is 1.56. The maximum atomic E-state index is 5.39. The molecule has 9 heteroatoms. The van der Waals surface area contributed by atoms with E-state index in [0.717, 1.165) is 89.2 Å². The molecular formula is C19H32IN7O. The molecule has 1 aliphatic heterocycles. The zero-order valence-corrected chi connectivity index (χ0v) is 19.0. The summed E-state index contributed by atoms with van der Waals surface area (Å²) < 4.78 is 7.43. The molecule has 1 aliphatic rings. The number of aromatic nitrogens is 3. The Morgan fingerprint density at radius 3 is 2.86 bits per heavy atom. The first-order chi connectivity index (χ1) is 13.4. The summed E-state index contributed by atoms with van der Waals surface area (Å²) in [5.41, 5.74) is 0.895. The summed E-state index contributed by atoms with van der Waals surface area (Å²) in [6.07, 6.45) is 4.93. The summed E-state index contributed by atoms with van der Waals surface area (Å²) in [5, 5.41) is 15.2. The third-order valence-corrected chi connectivity index (χ3v) is 4.60. The van der Waals surface area contributed by atoms with Gasteiger partial charge in [0.1, 0.15) is 5.82 Å². The zero-order chi connectivity index (χ0) is 18.7. The van der Waals surface area contributed by atoms with Crippen molar-refractivity contribution in [3.63, 3.8) is 0 Å². The number of hydrogen-bond acceptors (Lipinski definition) is 5. The Labute approximate surface area is 184 Å². The fourth-order valence-corrected chi connectivity index (χ4v) is 3.17. The number of pyridine rings is 1. The van der Waals surface area contributed by atoms with Gasteiger partial charge in [-0.1, -0.05) is 6.07 Å². The summed E-state index contributed by atoms with van der Waals surface area (Å²) in [4.78, 5) is 7.14. The predicted molar refractivity (Wildman–Crippen MR) is 123 cm³/mol. The smallest absolute Gasteiger partial charge is 0.191 e. The normalized spacial score (nSPS) is 15.4. The van der Waals surface area contributed by atoms with Crippen molar-refractivity contribution in [1.82, 2.24) is 30.1 Å². The molecule has 0 saturated carbocycles. The second kappa shape index (κ2) is 12.9. The molecule has 2 N–H and O–H groups in total. The van der Waals surface area contributed by atoms with E-state index in [1.54, 1.807) is 0 Å². The Bertz CT molecular complexity index is 715. The quantitative estimate of drug-likeness (QED) is 0.235. The van der Waals surface area contributed by atoms with E-state index < -0.39 is 0 Å². The average molecular weight is 501 g/mol. The van der Waals surface area contributed by atoms with Gasteiger partial charge in [0.25, 0.3) is 0 Å². The minimum atomic E-state index is 0. The minimum Gasteiger partial charge on any atom is -0.379 e. The Morgan fingerprint density at radius 1 is 1.18 bits per heavy atom. The van der Waals surface area contributed by atoms with E-state index in [1.807, 2.05) is 28.8 Å². The van der Waals surface area contributed by atoms with E-state index >= 15 is 0 Å². The molecule has 8 nitrogen and oxygen atoms in total.